The van der Waals surface area contributed by atoms with E-state index in [-0.39, 0.29) is 11.8 Å². The topological polar surface area (TPSA) is 84.7 Å². The van der Waals surface area contributed by atoms with Gasteiger partial charge in [-0.05, 0) is 31.5 Å². The van der Waals surface area contributed by atoms with Crippen molar-refractivity contribution in [1.29, 1.82) is 0 Å². The summed E-state index contributed by atoms with van der Waals surface area (Å²) in [6.45, 7) is 5.84. The van der Waals surface area contributed by atoms with Gasteiger partial charge >= 0.3 is 0 Å². The van der Waals surface area contributed by atoms with Gasteiger partial charge < -0.3 is 20.7 Å². The highest BCUT2D eigenvalue weighted by Crippen LogP contribution is 2.24. The molecule has 1 aromatic rings. The van der Waals surface area contributed by atoms with E-state index in [1.807, 2.05) is 6.92 Å². The van der Waals surface area contributed by atoms with Crippen molar-refractivity contribution in [1.82, 2.24) is 4.90 Å². The fourth-order valence-corrected chi connectivity index (χ4v) is 2.87. The zero-order chi connectivity index (χ0) is 17.7. The number of carbonyl (C=O) groups excluding carboxylic acids is 2. The van der Waals surface area contributed by atoms with Crippen molar-refractivity contribution < 1.29 is 14.3 Å². The number of benzene rings is 1. The number of morpholine rings is 1. The van der Waals surface area contributed by atoms with Gasteiger partial charge in [-0.25, -0.2) is 0 Å². The number of nitrogens with zero attached hydrogens (tertiary/aromatic N) is 1. The normalized spacial score (nSPS) is 17.2. The van der Waals surface area contributed by atoms with Gasteiger partial charge in [0.15, 0.2) is 0 Å². The van der Waals surface area contributed by atoms with Gasteiger partial charge in [-0.2, -0.15) is 0 Å². The molecule has 6 nitrogen and oxygen atoms in total. The van der Waals surface area contributed by atoms with Gasteiger partial charge in [0.1, 0.15) is 0 Å². The quantitative estimate of drug-likeness (QED) is 0.850. The van der Waals surface area contributed by atoms with Crippen LogP contribution in [0.15, 0.2) is 18.2 Å². The summed E-state index contributed by atoms with van der Waals surface area (Å²) in [6.07, 6.45) is 1.40. The first-order valence-electron chi connectivity index (χ1n) is 8.12. The molecule has 0 aliphatic carbocycles. The van der Waals surface area contributed by atoms with Gasteiger partial charge in [0.25, 0.3) is 5.91 Å². The van der Waals surface area contributed by atoms with Crippen LogP contribution in [0, 0.1) is 0 Å². The lowest BCUT2D eigenvalue weighted by atomic mass is 9.96. The Morgan fingerprint density at radius 2 is 2.04 bits per heavy atom. The standard InChI is InChI=1S/C17H24ClN3O3/c1-3-6-17(2,19)16(23)20-12-4-5-13(14(18)11-12)15(22)21-7-9-24-10-8-21/h4-5,11H,3,6-10,19H2,1-2H3,(H,20,23). The summed E-state index contributed by atoms with van der Waals surface area (Å²) in [7, 11) is 0. The lowest BCUT2D eigenvalue weighted by Gasteiger charge is -2.27. The molecule has 0 radical (unpaired) electrons. The molecule has 0 bridgehead atoms. The van der Waals surface area contributed by atoms with Crippen LogP contribution in [-0.4, -0.2) is 48.6 Å². The molecule has 2 rings (SSSR count). The van der Waals surface area contributed by atoms with Crippen molar-refractivity contribution in [2.24, 2.45) is 5.73 Å². The predicted octanol–water partition coefficient (Wildman–Crippen LogP) is 2.27. The number of amides is 2. The fraction of sp³-hybridized carbons (Fsp3) is 0.529. The second-order valence-electron chi connectivity index (χ2n) is 6.22. The minimum Gasteiger partial charge on any atom is -0.378 e. The minimum absolute atomic E-state index is 0.129. The number of nitrogens with one attached hydrogen (secondary N) is 1. The van der Waals surface area contributed by atoms with E-state index < -0.39 is 5.54 Å². The predicted molar refractivity (Wildman–Crippen MR) is 94.3 cm³/mol. The Labute approximate surface area is 147 Å². The molecule has 1 saturated heterocycles. The highest BCUT2D eigenvalue weighted by atomic mass is 35.5. The van der Waals surface area contributed by atoms with Crippen molar-refractivity contribution in [2.45, 2.75) is 32.2 Å². The van der Waals surface area contributed by atoms with Crippen LogP contribution in [-0.2, 0) is 9.53 Å². The molecule has 1 aromatic carbocycles. The van der Waals surface area contributed by atoms with Crippen LogP contribution in [0.25, 0.3) is 0 Å². The Bertz CT molecular complexity index is 613. The molecule has 0 spiro atoms. The molecular weight excluding hydrogens is 330 g/mol. The number of anilines is 1. The van der Waals surface area contributed by atoms with E-state index in [0.717, 1.165) is 6.42 Å². The van der Waals surface area contributed by atoms with Gasteiger partial charge in [0.05, 0.1) is 29.3 Å². The summed E-state index contributed by atoms with van der Waals surface area (Å²) < 4.78 is 5.24. The largest absolute Gasteiger partial charge is 0.378 e. The molecule has 1 fully saturated rings. The molecule has 1 heterocycles. The Morgan fingerprint density at radius 3 is 2.62 bits per heavy atom. The maximum absolute atomic E-state index is 12.5. The first-order chi connectivity index (χ1) is 11.3. The van der Waals surface area contributed by atoms with E-state index >= 15 is 0 Å². The number of halogens is 1. The average Bonchev–Trinajstić information content (AvgIpc) is 2.55. The second kappa shape index (κ2) is 7.96. The first kappa shape index (κ1) is 18.7. The van der Waals surface area contributed by atoms with Crippen LogP contribution < -0.4 is 11.1 Å². The third kappa shape index (κ3) is 4.47. The Morgan fingerprint density at radius 1 is 1.38 bits per heavy atom. The van der Waals surface area contributed by atoms with Gasteiger partial charge in [0, 0.05) is 18.8 Å². The summed E-state index contributed by atoms with van der Waals surface area (Å²) in [5.41, 5.74) is 6.02. The van der Waals surface area contributed by atoms with Crippen LogP contribution in [0.3, 0.4) is 0 Å². The first-order valence-corrected chi connectivity index (χ1v) is 8.50. The van der Waals surface area contributed by atoms with E-state index in [0.29, 0.717) is 49.0 Å². The van der Waals surface area contributed by atoms with Crippen LogP contribution in [0.5, 0.6) is 0 Å². The molecule has 132 valence electrons. The molecular formula is C17H24ClN3O3. The number of hydrogen-bond donors (Lipinski definition) is 2. The van der Waals surface area contributed by atoms with Crippen molar-refractivity contribution in [2.75, 3.05) is 31.6 Å². The van der Waals surface area contributed by atoms with Gasteiger partial charge in [0.2, 0.25) is 5.91 Å². The van der Waals surface area contributed by atoms with Crippen LogP contribution in [0.2, 0.25) is 5.02 Å². The number of nitrogens with two attached hydrogens (primary N) is 1. The Hall–Kier alpha value is -1.63. The number of carbonyl (C=O) groups is 2. The Kier molecular flexibility index (Phi) is 6.21. The molecule has 0 saturated carbocycles. The van der Waals surface area contributed by atoms with Crippen LogP contribution >= 0.6 is 11.6 Å². The Balaban J connectivity index is 2.09. The molecule has 0 aromatic heterocycles. The molecule has 7 heteroatoms. The van der Waals surface area contributed by atoms with E-state index in [1.165, 1.54) is 0 Å². The van der Waals surface area contributed by atoms with Gasteiger partial charge in [-0.3, -0.25) is 9.59 Å². The number of hydrogen-bond acceptors (Lipinski definition) is 4. The lowest BCUT2D eigenvalue weighted by molar-refractivity contribution is -0.120. The maximum Gasteiger partial charge on any atom is 0.255 e. The summed E-state index contributed by atoms with van der Waals surface area (Å²) >= 11 is 6.24. The van der Waals surface area contributed by atoms with E-state index in [4.69, 9.17) is 22.1 Å². The minimum atomic E-state index is -0.941. The summed E-state index contributed by atoms with van der Waals surface area (Å²) in [5.74, 6) is -0.400. The SMILES string of the molecule is CCCC(C)(N)C(=O)Nc1ccc(C(=O)N2CCOCC2)c(Cl)c1. The molecule has 1 aliphatic heterocycles. The molecule has 1 unspecified atom stereocenters. The van der Waals surface area contributed by atoms with Crippen molar-refractivity contribution in [3.63, 3.8) is 0 Å². The molecule has 1 aliphatic rings. The summed E-state index contributed by atoms with van der Waals surface area (Å²) in [5, 5.41) is 3.06. The maximum atomic E-state index is 12.5. The van der Waals surface area contributed by atoms with Gasteiger partial charge in [-0.15, -0.1) is 0 Å². The van der Waals surface area contributed by atoms with Crippen LogP contribution in [0.4, 0.5) is 5.69 Å². The highest BCUT2D eigenvalue weighted by Gasteiger charge is 2.27. The van der Waals surface area contributed by atoms with Crippen molar-refractivity contribution >= 4 is 29.1 Å². The fourth-order valence-electron chi connectivity index (χ4n) is 2.61. The highest BCUT2D eigenvalue weighted by molar-refractivity contribution is 6.34. The lowest BCUT2D eigenvalue weighted by Crippen LogP contribution is -2.48. The van der Waals surface area contributed by atoms with Crippen LogP contribution in [0.1, 0.15) is 37.0 Å². The van der Waals surface area contributed by atoms with E-state index in [9.17, 15) is 9.59 Å². The number of ether oxygens (including phenoxy) is 1. The van der Waals surface area contributed by atoms with E-state index in [2.05, 4.69) is 5.32 Å². The van der Waals surface area contributed by atoms with Gasteiger partial charge in [-0.1, -0.05) is 24.9 Å². The average molecular weight is 354 g/mol. The smallest absolute Gasteiger partial charge is 0.255 e. The molecule has 1 atom stereocenters. The molecule has 2 amide bonds. The second-order valence-corrected chi connectivity index (χ2v) is 6.63. The van der Waals surface area contributed by atoms with Crippen molar-refractivity contribution in [3.05, 3.63) is 28.8 Å². The molecule has 24 heavy (non-hydrogen) atoms. The zero-order valence-corrected chi connectivity index (χ0v) is 14.9. The monoisotopic (exact) mass is 353 g/mol. The molecule has 3 N–H and O–H groups in total. The third-order valence-electron chi connectivity index (χ3n) is 4.04. The zero-order valence-electron chi connectivity index (χ0n) is 14.1. The third-order valence-corrected chi connectivity index (χ3v) is 4.36. The summed E-state index contributed by atoms with van der Waals surface area (Å²) in [4.78, 5) is 26.4. The summed E-state index contributed by atoms with van der Waals surface area (Å²) in [6, 6.07) is 4.87. The van der Waals surface area contributed by atoms with E-state index in [1.54, 1.807) is 30.0 Å². The number of rotatable bonds is 5. The van der Waals surface area contributed by atoms with Crippen molar-refractivity contribution in [3.8, 4) is 0 Å².